The first-order valence-corrected chi connectivity index (χ1v) is 8.50. The summed E-state index contributed by atoms with van der Waals surface area (Å²) >= 11 is 0. The zero-order valence-electron chi connectivity index (χ0n) is 14.8. The van der Waals surface area contributed by atoms with E-state index in [1.165, 1.54) is 6.07 Å². The molecule has 3 rings (SSSR count). The molecule has 1 aliphatic rings. The minimum Gasteiger partial charge on any atom is -0.340 e. The molecule has 2 heterocycles. The van der Waals surface area contributed by atoms with Crippen LogP contribution >= 0.6 is 0 Å². The minimum atomic E-state index is -0.224. The number of halogens is 1. The van der Waals surface area contributed by atoms with Crippen molar-refractivity contribution in [1.82, 2.24) is 19.9 Å². The SMILES string of the molecule is CC(=O)N(Cc1noc(C)n1)C1CCN(C(C)c2cccc(F)c2)C1. The summed E-state index contributed by atoms with van der Waals surface area (Å²) in [5.74, 6) is 0.779. The first kappa shape index (κ1) is 17.5. The summed E-state index contributed by atoms with van der Waals surface area (Å²) in [6.45, 7) is 7.31. The number of amides is 1. The lowest BCUT2D eigenvalue weighted by atomic mass is 10.1. The molecule has 0 saturated carbocycles. The van der Waals surface area contributed by atoms with Crippen LogP contribution in [0, 0.1) is 12.7 Å². The number of carbonyl (C=O) groups is 1. The minimum absolute atomic E-state index is 0.00675. The van der Waals surface area contributed by atoms with Gasteiger partial charge in [-0.15, -0.1) is 0 Å². The van der Waals surface area contributed by atoms with Gasteiger partial charge in [-0.1, -0.05) is 17.3 Å². The van der Waals surface area contributed by atoms with Crippen molar-refractivity contribution in [3.05, 3.63) is 47.4 Å². The van der Waals surface area contributed by atoms with Gasteiger partial charge in [-0.3, -0.25) is 9.69 Å². The standard InChI is InChI=1S/C18H23FN4O2/c1-12(15-5-4-6-16(19)9-15)22-8-7-17(10-22)23(14(3)24)11-18-20-13(2)25-21-18/h4-6,9,12,17H,7-8,10-11H2,1-3H3. The third-order valence-corrected chi connectivity index (χ3v) is 4.80. The van der Waals surface area contributed by atoms with Crippen molar-refractivity contribution in [2.45, 2.75) is 45.8 Å². The van der Waals surface area contributed by atoms with Gasteiger partial charge >= 0.3 is 0 Å². The highest BCUT2D eigenvalue weighted by Gasteiger charge is 2.32. The summed E-state index contributed by atoms with van der Waals surface area (Å²) in [7, 11) is 0. The largest absolute Gasteiger partial charge is 0.340 e. The van der Waals surface area contributed by atoms with Crippen molar-refractivity contribution in [3.8, 4) is 0 Å². The Morgan fingerprint density at radius 1 is 1.52 bits per heavy atom. The van der Waals surface area contributed by atoms with Crippen molar-refractivity contribution in [3.63, 3.8) is 0 Å². The van der Waals surface area contributed by atoms with Crippen molar-refractivity contribution in [1.29, 1.82) is 0 Å². The highest BCUT2D eigenvalue weighted by Crippen LogP contribution is 2.27. The monoisotopic (exact) mass is 346 g/mol. The van der Waals surface area contributed by atoms with Crippen LogP contribution in [0.25, 0.3) is 0 Å². The Labute approximate surface area is 146 Å². The van der Waals surface area contributed by atoms with Gasteiger partial charge in [-0.25, -0.2) is 4.39 Å². The van der Waals surface area contributed by atoms with Gasteiger partial charge in [0.1, 0.15) is 5.82 Å². The lowest BCUT2D eigenvalue weighted by molar-refractivity contribution is -0.131. The van der Waals surface area contributed by atoms with E-state index in [2.05, 4.69) is 22.0 Å². The fourth-order valence-electron chi connectivity index (χ4n) is 3.41. The van der Waals surface area contributed by atoms with E-state index in [1.807, 2.05) is 6.07 Å². The fourth-order valence-corrected chi connectivity index (χ4v) is 3.41. The van der Waals surface area contributed by atoms with Gasteiger partial charge < -0.3 is 9.42 Å². The molecule has 1 amide bonds. The molecular formula is C18H23FN4O2. The summed E-state index contributed by atoms with van der Waals surface area (Å²) in [5, 5.41) is 3.89. The van der Waals surface area contributed by atoms with Crippen LogP contribution in [-0.4, -0.2) is 45.0 Å². The molecule has 2 atom stereocenters. The summed E-state index contributed by atoms with van der Waals surface area (Å²) < 4.78 is 18.5. The average molecular weight is 346 g/mol. The maximum atomic E-state index is 13.5. The quantitative estimate of drug-likeness (QED) is 0.833. The summed E-state index contributed by atoms with van der Waals surface area (Å²) in [6.07, 6.45) is 0.871. The molecule has 6 nitrogen and oxygen atoms in total. The maximum Gasteiger partial charge on any atom is 0.223 e. The number of benzene rings is 1. The predicted octanol–water partition coefficient (Wildman–Crippen LogP) is 2.70. The smallest absolute Gasteiger partial charge is 0.223 e. The first-order chi connectivity index (χ1) is 11.9. The summed E-state index contributed by atoms with van der Waals surface area (Å²) in [5.41, 5.74) is 0.948. The van der Waals surface area contributed by atoms with Crippen LogP contribution in [0.15, 0.2) is 28.8 Å². The van der Waals surface area contributed by atoms with Crippen LogP contribution in [0.3, 0.4) is 0 Å². The Hall–Kier alpha value is -2.28. The predicted molar refractivity (Wildman–Crippen MR) is 90.1 cm³/mol. The van der Waals surface area contributed by atoms with E-state index in [-0.39, 0.29) is 23.8 Å². The third kappa shape index (κ3) is 4.04. The van der Waals surface area contributed by atoms with Crippen LogP contribution in [0.5, 0.6) is 0 Å². The molecule has 1 saturated heterocycles. The normalized spacial score (nSPS) is 19.1. The van der Waals surface area contributed by atoms with Gasteiger partial charge in [0, 0.05) is 39.0 Å². The van der Waals surface area contributed by atoms with E-state index in [1.54, 1.807) is 30.9 Å². The second-order valence-corrected chi connectivity index (χ2v) is 6.54. The van der Waals surface area contributed by atoms with Crippen LogP contribution in [0.2, 0.25) is 0 Å². The highest BCUT2D eigenvalue weighted by atomic mass is 19.1. The number of likely N-dealkylation sites (tertiary alicyclic amines) is 1. The molecule has 0 aliphatic carbocycles. The van der Waals surface area contributed by atoms with E-state index in [9.17, 15) is 9.18 Å². The third-order valence-electron chi connectivity index (χ3n) is 4.80. The van der Waals surface area contributed by atoms with Crippen LogP contribution in [-0.2, 0) is 11.3 Å². The lowest BCUT2D eigenvalue weighted by Crippen LogP contribution is -2.40. The molecule has 134 valence electrons. The molecule has 7 heteroatoms. The van der Waals surface area contributed by atoms with Crippen molar-refractivity contribution < 1.29 is 13.7 Å². The zero-order chi connectivity index (χ0) is 18.0. The van der Waals surface area contributed by atoms with Gasteiger partial charge in [0.2, 0.25) is 11.8 Å². The molecule has 1 aromatic carbocycles. The Morgan fingerprint density at radius 2 is 2.32 bits per heavy atom. The summed E-state index contributed by atoms with van der Waals surface area (Å²) in [4.78, 5) is 20.4. The second kappa shape index (κ2) is 7.31. The summed E-state index contributed by atoms with van der Waals surface area (Å²) in [6, 6.07) is 6.88. The number of aromatic nitrogens is 2. The number of nitrogens with zero attached hydrogens (tertiary/aromatic N) is 4. The Kier molecular flexibility index (Phi) is 5.13. The topological polar surface area (TPSA) is 62.5 Å². The number of carbonyl (C=O) groups excluding carboxylic acids is 1. The Balaban J connectivity index is 1.68. The number of hydrogen-bond acceptors (Lipinski definition) is 5. The fraction of sp³-hybridized carbons (Fsp3) is 0.500. The molecule has 2 aromatic rings. The molecule has 0 N–H and O–H groups in total. The van der Waals surface area contributed by atoms with Crippen molar-refractivity contribution in [2.75, 3.05) is 13.1 Å². The molecule has 1 aromatic heterocycles. The molecule has 2 unspecified atom stereocenters. The van der Waals surface area contributed by atoms with Gasteiger partial charge in [0.05, 0.1) is 6.54 Å². The maximum absolute atomic E-state index is 13.5. The number of aryl methyl sites for hydroxylation is 1. The molecular weight excluding hydrogens is 323 g/mol. The van der Waals surface area contributed by atoms with Crippen molar-refractivity contribution >= 4 is 5.91 Å². The van der Waals surface area contributed by atoms with E-state index in [0.717, 1.165) is 25.1 Å². The molecule has 0 spiro atoms. The molecule has 1 fully saturated rings. The number of hydrogen-bond donors (Lipinski definition) is 0. The van der Waals surface area contributed by atoms with Crippen LogP contribution in [0.4, 0.5) is 4.39 Å². The highest BCUT2D eigenvalue weighted by molar-refractivity contribution is 5.73. The Bertz CT molecular complexity index is 748. The zero-order valence-corrected chi connectivity index (χ0v) is 14.8. The van der Waals surface area contributed by atoms with E-state index in [4.69, 9.17) is 4.52 Å². The molecule has 0 bridgehead atoms. The van der Waals surface area contributed by atoms with Crippen LogP contribution < -0.4 is 0 Å². The lowest BCUT2D eigenvalue weighted by Gasteiger charge is -2.29. The van der Waals surface area contributed by atoms with E-state index in [0.29, 0.717) is 18.3 Å². The number of rotatable bonds is 5. The van der Waals surface area contributed by atoms with Gasteiger partial charge in [0.25, 0.3) is 0 Å². The van der Waals surface area contributed by atoms with Gasteiger partial charge in [-0.2, -0.15) is 4.98 Å². The van der Waals surface area contributed by atoms with Gasteiger partial charge in [0.15, 0.2) is 5.82 Å². The average Bonchev–Trinajstić information content (AvgIpc) is 3.20. The van der Waals surface area contributed by atoms with E-state index < -0.39 is 0 Å². The van der Waals surface area contributed by atoms with E-state index >= 15 is 0 Å². The molecule has 1 aliphatic heterocycles. The van der Waals surface area contributed by atoms with Crippen molar-refractivity contribution in [2.24, 2.45) is 0 Å². The molecule has 25 heavy (non-hydrogen) atoms. The van der Waals surface area contributed by atoms with Gasteiger partial charge in [-0.05, 0) is 31.0 Å². The Morgan fingerprint density at radius 3 is 2.96 bits per heavy atom. The van der Waals surface area contributed by atoms with Crippen LogP contribution in [0.1, 0.15) is 43.6 Å². The second-order valence-electron chi connectivity index (χ2n) is 6.54. The first-order valence-electron chi connectivity index (χ1n) is 8.50. The molecule has 0 radical (unpaired) electrons.